The molecule has 0 saturated heterocycles. The molecule has 5 heteroatoms. The van der Waals surface area contributed by atoms with Gasteiger partial charge in [0.15, 0.2) is 0 Å². The third-order valence-corrected chi connectivity index (χ3v) is 2.54. The van der Waals surface area contributed by atoms with Crippen molar-refractivity contribution in [3.8, 4) is 0 Å². The molecule has 1 unspecified atom stereocenters. The predicted octanol–water partition coefficient (Wildman–Crippen LogP) is 0.0207. The Morgan fingerprint density at radius 3 is 2.75 bits per heavy atom. The van der Waals surface area contributed by atoms with Gasteiger partial charge >= 0.3 is 0 Å². The lowest BCUT2D eigenvalue weighted by molar-refractivity contribution is 0.251. The number of aromatic nitrogens is 2. The van der Waals surface area contributed by atoms with Gasteiger partial charge in [-0.3, -0.25) is 0 Å². The molecule has 2 aromatic rings. The van der Waals surface area contributed by atoms with E-state index in [1.807, 2.05) is 28.8 Å². The van der Waals surface area contributed by atoms with Crippen molar-refractivity contribution in [3.05, 3.63) is 30.1 Å². The fourth-order valence-corrected chi connectivity index (χ4v) is 1.79. The highest BCUT2D eigenvalue weighted by Gasteiger charge is 2.15. The smallest absolute Gasteiger partial charge is 0.129 e. The van der Waals surface area contributed by atoms with E-state index >= 15 is 0 Å². The average Bonchev–Trinajstić information content (AvgIpc) is 2.68. The Balaban J connectivity index is 2.58. The quantitative estimate of drug-likeness (QED) is 0.679. The van der Waals surface area contributed by atoms with Crippen molar-refractivity contribution in [2.75, 3.05) is 13.2 Å². The average molecular weight is 221 g/mol. The first-order valence-electron chi connectivity index (χ1n) is 5.20. The van der Waals surface area contributed by atoms with Crippen LogP contribution in [-0.2, 0) is 6.54 Å². The number of aliphatic hydroxyl groups is 2. The van der Waals surface area contributed by atoms with Gasteiger partial charge in [-0.2, -0.15) is 0 Å². The molecule has 2 rings (SSSR count). The highest BCUT2D eigenvalue weighted by molar-refractivity contribution is 5.76. The first-order chi connectivity index (χ1) is 7.77. The zero-order valence-corrected chi connectivity index (χ0v) is 8.87. The van der Waals surface area contributed by atoms with Crippen molar-refractivity contribution in [1.29, 1.82) is 0 Å². The maximum atomic E-state index is 9.07. The van der Waals surface area contributed by atoms with Gasteiger partial charge in [-0.05, 0) is 12.1 Å². The van der Waals surface area contributed by atoms with Crippen LogP contribution in [0.3, 0.4) is 0 Å². The van der Waals surface area contributed by atoms with Gasteiger partial charge in [0.05, 0.1) is 30.3 Å². The Labute approximate surface area is 93.1 Å². The molecule has 0 saturated carbocycles. The van der Waals surface area contributed by atoms with Crippen LogP contribution in [0.4, 0.5) is 0 Å². The van der Waals surface area contributed by atoms with E-state index in [9.17, 15) is 0 Å². The lowest BCUT2D eigenvalue weighted by Crippen LogP contribution is -2.20. The SMILES string of the molecule is NC(CO)c1nc2ccccc2n1CCO. The third-order valence-electron chi connectivity index (χ3n) is 2.54. The molecule has 1 aromatic heterocycles. The number of rotatable bonds is 4. The van der Waals surface area contributed by atoms with E-state index in [-0.39, 0.29) is 13.2 Å². The number of para-hydroxylation sites is 2. The van der Waals surface area contributed by atoms with E-state index in [2.05, 4.69) is 4.98 Å². The second-order valence-electron chi connectivity index (χ2n) is 3.62. The second-order valence-corrected chi connectivity index (χ2v) is 3.62. The minimum absolute atomic E-state index is 0.0193. The Hall–Kier alpha value is -1.43. The zero-order chi connectivity index (χ0) is 11.5. The predicted molar refractivity (Wildman–Crippen MR) is 60.8 cm³/mol. The molecule has 1 atom stereocenters. The summed E-state index contributed by atoms with van der Waals surface area (Å²) in [6.07, 6.45) is 0. The first kappa shape index (κ1) is 11.1. The summed E-state index contributed by atoms with van der Waals surface area (Å²) in [7, 11) is 0. The minimum Gasteiger partial charge on any atom is -0.395 e. The van der Waals surface area contributed by atoms with Crippen LogP contribution in [0.2, 0.25) is 0 Å². The van der Waals surface area contributed by atoms with Gasteiger partial charge in [0.1, 0.15) is 5.82 Å². The molecule has 0 fully saturated rings. The maximum Gasteiger partial charge on any atom is 0.129 e. The Morgan fingerprint density at radius 2 is 2.06 bits per heavy atom. The molecule has 1 heterocycles. The lowest BCUT2D eigenvalue weighted by Gasteiger charge is -2.11. The van der Waals surface area contributed by atoms with Crippen molar-refractivity contribution >= 4 is 11.0 Å². The van der Waals surface area contributed by atoms with Crippen molar-refractivity contribution in [2.45, 2.75) is 12.6 Å². The van der Waals surface area contributed by atoms with Gasteiger partial charge < -0.3 is 20.5 Å². The van der Waals surface area contributed by atoms with E-state index in [1.165, 1.54) is 0 Å². The van der Waals surface area contributed by atoms with E-state index in [1.54, 1.807) is 0 Å². The standard InChI is InChI=1S/C11H15N3O2/c12-8(7-16)11-13-9-3-1-2-4-10(9)14(11)5-6-15/h1-4,8,15-16H,5-7,12H2. The summed E-state index contributed by atoms with van der Waals surface area (Å²) < 4.78 is 1.84. The van der Waals surface area contributed by atoms with Crippen molar-refractivity contribution in [3.63, 3.8) is 0 Å². The number of benzene rings is 1. The van der Waals surface area contributed by atoms with Gasteiger partial charge in [-0.25, -0.2) is 4.98 Å². The molecule has 5 nitrogen and oxygen atoms in total. The van der Waals surface area contributed by atoms with E-state index in [0.29, 0.717) is 12.4 Å². The van der Waals surface area contributed by atoms with Crippen LogP contribution < -0.4 is 5.73 Å². The van der Waals surface area contributed by atoms with Crippen LogP contribution in [0.5, 0.6) is 0 Å². The second kappa shape index (κ2) is 4.61. The molecular weight excluding hydrogens is 206 g/mol. The molecule has 0 radical (unpaired) electrons. The summed E-state index contributed by atoms with van der Waals surface area (Å²) in [5, 5.41) is 18.1. The topological polar surface area (TPSA) is 84.3 Å². The third kappa shape index (κ3) is 1.80. The number of hydrogen-bond donors (Lipinski definition) is 3. The fraction of sp³-hybridized carbons (Fsp3) is 0.364. The summed E-state index contributed by atoms with van der Waals surface area (Å²) in [6, 6.07) is 7.10. The number of aliphatic hydroxyl groups excluding tert-OH is 2. The largest absolute Gasteiger partial charge is 0.395 e. The van der Waals surface area contributed by atoms with Crippen molar-refractivity contribution in [1.82, 2.24) is 9.55 Å². The highest BCUT2D eigenvalue weighted by Crippen LogP contribution is 2.19. The van der Waals surface area contributed by atoms with Gasteiger partial charge in [0, 0.05) is 6.54 Å². The normalized spacial score (nSPS) is 13.2. The summed E-state index contributed by atoms with van der Waals surface area (Å²) in [5.74, 6) is 0.609. The van der Waals surface area contributed by atoms with Gasteiger partial charge in [0.25, 0.3) is 0 Å². The fourth-order valence-electron chi connectivity index (χ4n) is 1.79. The lowest BCUT2D eigenvalue weighted by atomic mass is 10.3. The van der Waals surface area contributed by atoms with E-state index < -0.39 is 6.04 Å². The van der Waals surface area contributed by atoms with Gasteiger partial charge in [-0.1, -0.05) is 12.1 Å². The Kier molecular flexibility index (Phi) is 3.19. The Morgan fingerprint density at radius 1 is 1.31 bits per heavy atom. The summed E-state index contributed by atoms with van der Waals surface area (Å²) in [5.41, 5.74) is 7.53. The van der Waals surface area contributed by atoms with Crippen LogP contribution in [0.15, 0.2) is 24.3 Å². The van der Waals surface area contributed by atoms with Crippen LogP contribution in [-0.4, -0.2) is 33.0 Å². The molecule has 0 bridgehead atoms. The molecule has 0 spiro atoms. The molecule has 86 valence electrons. The van der Waals surface area contributed by atoms with Crippen LogP contribution in [0.25, 0.3) is 11.0 Å². The van der Waals surface area contributed by atoms with Gasteiger partial charge in [0.2, 0.25) is 0 Å². The molecule has 4 N–H and O–H groups in total. The zero-order valence-electron chi connectivity index (χ0n) is 8.87. The molecular formula is C11H15N3O2. The number of fused-ring (bicyclic) bond motifs is 1. The number of nitrogens with zero attached hydrogens (tertiary/aromatic N) is 2. The van der Waals surface area contributed by atoms with Crippen LogP contribution >= 0.6 is 0 Å². The summed E-state index contributed by atoms with van der Waals surface area (Å²) in [4.78, 5) is 4.37. The number of nitrogens with two attached hydrogens (primary N) is 1. The molecule has 0 aliphatic carbocycles. The van der Waals surface area contributed by atoms with E-state index in [0.717, 1.165) is 11.0 Å². The molecule has 0 aliphatic rings. The van der Waals surface area contributed by atoms with Crippen molar-refractivity contribution in [2.24, 2.45) is 5.73 Å². The van der Waals surface area contributed by atoms with Gasteiger partial charge in [-0.15, -0.1) is 0 Å². The van der Waals surface area contributed by atoms with E-state index in [4.69, 9.17) is 15.9 Å². The summed E-state index contributed by atoms with van der Waals surface area (Å²) >= 11 is 0. The first-order valence-corrected chi connectivity index (χ1v) is 5.20. The molecule has 16 heavy (non-hydrogen) atoms. The monoisotopic (exact) mass is 221 g/mol. The molecule has 1 aromatic carbocycles. The number of hydrogen-bond acceptors (Lipinski definition) is 4. The maximum absolute atomic E-state index is 9.07. The van der Waals surface area contributed by atoms with Crippen LogP contribution in [0.1, 0.15) is 11.9 Å². The minimum atomic E-state index is -0.515. The molecule has 0 amide bonds. The molecule has 0 aliphatic heterocycles. The number of imidazole rings is 1. The van der Waals surface area contributed by atoms with Crippen molar-refractivity contribution < 1.29 is 10.2 Å². The summed E-state index contributed by atoms with van der Waals surface area (Å²) in [6.45, 7) is 0.295. The highest BCUT2D eigenvalue weighted by atomic mass is 16.3. The Bertz CT molecular complexity index is 481. The van der Waals surface area contributed by atoms with Crippen LogP contribution in [0, 0.1) is 0 Å².